The van der Waals surface area contributed by atoms with Crippen molar-refractivity contribution in [3.05, 3.63) is 29.2 Å². The molecule has 1 unspecified atom stereocenters. The summed E-state index contributed by atoms with van der Waals surface area (Å²) in [6, 6.07) is 1.89. The zero-order chi connectivity index (χ0) is 10.1. The normalized spacial score (nSPS) is 13.1. The quantitative estimate of drug-likeness (QED) is 0.827. The topological polar surface area (TPSA) is 46.3 Å². The van der Waals surface area contributed by atoms with Gasteiger partial charge in [-0.3, -0.25) is 0 Å². The van der Waals surface area contributed by atoms with Gasteiger partial charge in [-0.1, -0.05) is 0 Å². The minimum absolute atomic E-state index is 0.451. The van der Waals surface area contributed by atoms with Crippen LogP contribution in [0.5, 0.6) is 0 Å². The van der Waals surface area contributed by atoms with Crippen LogP contribution >= 0.6 is 11.3 Å². The molecule has 0 aliphatic heterocycles. The van der Waals surface area contributed by atoms with Gasteiger partial charge in [0.25, 0.3) is 0 Å². The molecule has 0 aromatic carbocycles. The molecule has 4 heteroatoms. The minimum atomic E-state index is -0.451. The number of aryl methyl sites for hydroxylation is 1. The zero-order valence-corrected chi connectivity index (χ0v) is 8.84. The molecule has 1 atom stereocenters. The van der Waals surface area contributed by atoms with E-state index in [1.807, 2.05) is 13.0 Å². The highest BCUT2D eigenvalue weighted by Gasteiger charge is 2.11. The van der Waals surface area contributed by atoms with Gasteiger partial charge in [-0.15, -0.1) is 11.3 Å². The van der Waals surface area contributed by atoms with Crippen molar-refractivity contribution in [2.45, 2.75) is 20.0 Å². The lowest BCUT2D eigenvalue weighted by Crippen LogP contribution is -1.83. The third-order valence-corrected chi connectivity index (χ3v) is 3.23. The van der Waals surface area contributed by atoms with E-state index in [-0.39, 0.29) is 0 Å². The number of aromatic nitrogens is 1. The molecule has 14 heavy (non-hydrogen) atoms. The van der Waals surface area contributed by atoms with Crippen LogP contribution in [0.2, 0.25) is 0 Å². The van der Waals surface area contributed by atoms with E-state index >= 15 is 0 Å². The molecule has 0 fully saturated rings. The van der Waals surface area contributed by atoms with Gasteiger partial charge in [-0.2, -0.15) is 0 Å². The maximum absolute atomic E-state index is 9.35. The second-order valence-electron chi connectivity index (χ2n) is 3.13. The Kier molecular flexibility index (Phi) is 2.39. The van der Waals surface area contributed by atoms with Crippen molar-refractivity contribution in [2.24, 2.45) is 0 Å². The summed E-state index contributed by atoms with van der Waals surface area (Å²) >= 11 is 1.49. The van der Waals surface area contributed by atoms with E-state index in [4.69, 9.17) is 4.42 Å². The van der Waals surface area contributed by atoms with Gasteiger partial charge in [0.15, 0.2) is 0 Å². The molecule has 1 N–H and O–H groups in total. The second kappa shape index (κ2) is 3.55. The van der Waals surface area contributed by atoms with Gasteiger partial charge in [0.2, 0.25) is 0 Å². The van der Waals surface area contributed by atoms with E-state index in [1.165, 1.54) is 11.3 Å². The summed E-state index contributed by atoms with van der Waals surface area (Å²) in [4.78, 5) is 5.11. The van der Waals surface area contributed by atoms with Gasteiger partial charge in [0.1, 0.15) is 10.8 Å². The Morgan fingerprint density at radius 1 is 1.57 bits per heavy atom. The summed E-state index contributed by atoms with van der Waals surface area (Å²) in [7, 11) is 0. The van der Waals surface area contributed by atoms with Gasteiger partial charge in [-0.05, 0) is 19.9 Å². The Hall–Kier alpha value is -1.13. The predicted molar refractivity (Wildman–Crippen MR) is 55.2 cm³/mol. The van der Waals surface area contributed by atoms with Gasteiger partial charge < -0.3 is 9.52 Å². The van der Waals surface area contributed by atoms with Crippen molar-refractivity contribution >= 4 is 11.3 Å². The van der Waals surface area contributed by atoms with Crippen LogP contribution in [-0.4, -0.2) is 10.1 Å². The van der Waals surface area contributed by atoms with Crippen LogP contribution in [0.1, 0.15) is 23.7 Å². The van der Waals surface area contributed by atoms with Crippen LogP contribution in [0.25, 0.3) is 10.6 Å². The first-order valence-corrected chi connectivity index (χ1v) is 5.18. The SMILES string of the molecule is Cc1occc1-c1ncc(C(C)O)s1. The Morgan fingerprint density at radius 2 is 2.36 bits per heavy atom. The van der Waals surface area contributed by atoms with Gasteiger partial charge in [0, 0.05) is 6.20 Å². The Balaban J connectivity index is 2.39. The molecule has 2 heterocycles. The van der Waals surface area contributed by atoms with E-state index < -0.39 is 6.10 Å². The lowest BCUT2D eigenvalue weighted by molar-refractivity contribution is 0.203. The van der Waals surface area contributed by atoms with E-state index in [2.05, 4.69) is 4.98 Å². The Morgan fingerprint density at radius 3 is 2.86 bits per heavy atom. The maximum Gasteiger partial charge on any atom is 0.127 e. The molecule has 0 aliphatic carbocycles. The molecular weight excluding hydrogens is 198 g/mol. The smallest absolute Gasteiger partial charge is 0.127 e. The fourth-order valence-corrected chi connectivity index (χ4v) is 2.14. The van der Waals surface area contributed by atoms with Crippen LogP contribution in [0, 0.1) is 6.92 Å². The molecule has 0 saturated heterocycles. The van der Waals surface area contributed by atoms with Crippen molar-refractivity contribution in [3.8, 4) is 10.6 Å². The van der Waals surface area contributed by atoms with Gasteiger partial charge in [0.05, 0.1) is 22.8 Å². The first-order chi connectivity index (χ1) is 6.68. The average molecular weight is 209 g/mol. The van der Waals surface area contributed by atoms with Crippen LogP contribution in [0.4, 0.5) is 0 Å². The molecule has 0 bridgehead atoms. The highest BCUT2D eigenvalue weighted by atomic mass is 32.1. The van der Waals surface area contributed by atoms with Crippen LogP contribution < -0.4 is 0 Å². The lowest BCUT2D eigenvalue weighted by atomic mass is 10.3. The lowest BCUT2D eigenvalue weighted by Gasteiger charge is -1.95. The number of furan rings is 1. The largest absolute Gasteiger partial charge is 0.469 e. The summed E-state index contributed by atoms with van der Waals surface area (Å²) < 4.78 is 5.19. The van der Waals surface area contributed by atoms with E-state index in [1.54, 1.807) is 19.4 Å². The van der Waals surface area contributed by atoms with Crippen LogP contribution in [0.15, 0.2) is 22.9 Å². The standard InChI is InChI=1S/C10H11NO2S/c1-6(12)9-5-11-10(14-9)8-3-4-13-7(8)2/h3-6,12H,1-2H3. The third-order valence-electron chi connectivity index (χ3n) is 2.02. The fraction of sp³-hybridized carbons (Fsp3) is 0.300. The Labute approximate surface area is 86.0 Å². The fourth-order valence-electron chi connectivity index (χ4n) is 1.21. The van der Waals surface area contributed by atoms with Crippen molar-refractivity contribution < 1.29 is 9.52 Å². The molecule has 0 spiro atoms. The maximum atomic E-state index is 9.35. The molecule has 0 radical (unpaired) electrons. The van der Waals surface area contributed by atoms with E-state index in [0.29, 0.717) is 0 Å². The summed E-state index contributed by atoms with van der Waals surface area (Å²) in [5, 5.41) is 10.2. The molecule has 3 nitrogen and oxygen atoms in total. The summed E-state index contributed by atoms with van der Waals surface area (Å²) in [6.45, 7) is 3.64. The summed E-state index contributed by atoms with van der Waals surface area (Å²) in [5.74, 6) is 0.858. The second-order valence-corrected chi connectivity index (χ2v) is 4.20. The monoisotopic (exact) mass is 209 g/mol. The van der Waals surface area contributed by atoms with Crippen LogP contribution in [-0.2, 0) is 0 Å². The molecule has 2 aromatic heterocycles. The summed E-state index contributed by atoms with van der Waals surface area (Å²) in [6.07, 6.45) is 2.90. The average Bonchev–Trinajstić information content (AvgIpc) is 2.71. The highest BCUT2D eigenvalue weighted by molar-refractivity contribution is 7.15. The van der Waals surface area contributed by atoms with Gasteiger partial charge in [-0.25, -0.2) is 4.98 Å². The number of nitrogens with zero attached hydrogens (tertiary/aromatic N) is 1. The Bertz CT molecular complexity index is 431. The van der Waals surface area contributed by atoms with Crippen molar-refractivity contribution in [2.75, 3.05) is 0 Å². The molecule has 74 valence electrons. The minimum Gasteiger partial charge on any atom is -0.469 e. The molecular formula is C10H11NO2S. The number of hydrogen-bond acceptors (Lipinski definition) is 4. The molecule has 2 rings (SSSR count). The first-order valence-electron chi connectivity index (χ1n) is 4.36. The van der Waals surface area contributed by atoms with Crippen LogP contribution in [0.3, 0.4) is 0 Å². The molecule has 0 amide bonds. The molecule has 2 aromatic rings. The molecule has 0 saturated carbocycles. The first kappa shape index (κ1) is 9.43. The zero-order valence-electron chi connectivity index (χ0n) is 8.02. The van der Waals surface area contributed by atoms with E-state index in [9.17, 15) is 5.11 Å². The number of aliphatic hydroxyl groups is 1. The van der Waals surface area contributed by atoms with Crippen molar-refractivity contribution in [1.82, 2.24) is 4.98 Å². The number of aliphatic hydroxyl groups excluding tert-OH is 1. The van der Waals surface area contributed by atoms with Crippen molar-refractivity contribution in [3.63, 3.8) is 0 Å². The summed E-state index contributed by atoms with van der Waals surface area (Å²) in [5.41, 5.74) is 1.00. The number of hydrogen-bond donors (Lipinski definition) is 1. The third kappa shape index (κ3) is 1.58. The van der Waals surface area contributed by atoms with E-state index in [0.717, 1.165) is 21.2 Å². The number of thiazole rings is 1. The molecule has 0 aliphatic rings. The van der Waals surface area contributed by atoms with Crippen molar-refractivity contribution in [1.29, 1.82) is 0 Å². The van der Waals surface area contributed by atoms with Gasteiger partial charge >= 0.3 is 0 Å². The predicted octanol–water partition coefficient (Wildman–Crippen LogP) is 2.76. The number of rotatable bonds is 2. The highest BCUT2D eigenvalue weighted by Crippen LogP contribution is 2.30.